The molecule has 2 amide bonds. The van der Waals surface area contributed by atoms with Gasteiger partial charge in [0, 0.05) is 32.1 Å². The third-order valence-electron chi connectivity index (χ3n) is 6.24. The number of hydrogen-bond acceptors (Lipinski definition) is 6. The number of fused-ring (bicyclic) bond motifs is 1. The summed E-state index contributed by atoms with van der Waals surface area (Å²) in [4.78, 5) is 28.0. The van der Waals surface area contributed by atoms with Crippen molar-refractivity contribution < 1.29 is 27.5 Å². The lowest BCUT2D eigenvalue weighted by Gasteiger charge is -2.31. The van der Waals surface area contributed by atoms with Gasteiger partial charge in [0.2, 0.25) is 21.8 Å². The van der Waals surface area contributed by atoms with E-state index in [1.54, 1.807) is 36.4 Å². The Hall–Kier alpha value is -2.69. The van der Waals surface area contributed by atoms with E-state index in [2.05, 4.69) is 5.32 Å². The molecule has 0 radical (unpaired) electrons. The first-order valence-corrected chi connectivity index (χ1v) is 15.5. The number of halogens is 2. The van der Waals surface area contributed by atoms with Gasteiger partial charge in [-0.25, -0.2) is 8.42 Å². The first-order chi connectivity index (χ1) is 18.5. The smallest absolute Gasteiger partial charge is 0.242 e. The summed E-state index contributed by atoms with van der Waals surface area (Å²) < 4.78 is 37.6. The Morgan fingerprint density at radius 3 is 2.38 bits per heavy atom. The summed E-state index contributed by atoms with van der Waals surface area (Å²) in [5.74, 6) is 0.524. The van der Waals surface area contributed by atoms with Gasteiger partial charge in [-0.1, -0.05) is 43.1 Å². The third-order valence-corrected chi connectivity index (χ3v) is 8.17. The average molecular weight is 601 g/mol. The topological polar surface area (TPSA) is 105 Å². The van der Waals surface area contributed by atoms with Crippen molar-refractivity contribution in [3.63, 3.8) is 0 Å². The molecule has 3 rings (SSSR count). The normalized spacial score (nSPS) is 13.5. The van der Waals surface area contributed by atoms with Crippen molar-refractivity contribution in [2.75, 3.05) is 36.9 Å². The molecule has 1 heterocycles. The second-order valence-corrected chi connectivity index (χ2v) is 12.0. The second kappa shape index (κ2) is 14.1. The molecule has 1 N–H and O–H groups in total. The molecule has 9 nitrogen and oxygen atoms in total. The molecular weight excluding hydrogens is 565 g/mol. The van der Waals surface area contributed by atoms with Crippen LogP contribution in [0.25, 0.3) is 0 Å². The van der Waals surface area contributed by atoms with E-state index in [0.29, 0.717) is 53.4 Å². The lowest BCUT2D eigenvalue weighted by molar-refractivity contribution is -0.141. The summed E-state index contributed by atoms with van der Waals surface area (Å²) in [5, 5.41) is 3.63. The Balaban J connectivity index is 1.77. The van der Waals surface area contributed by atoms with Gasteiger partial charge in [-0.05, 0) is 49.1 Å². The van der Waals surface area contributed by atoms with Crippen molar-refractivity contribution in [3.8, 4) is 11.5 Å². The van der Waals surface area contributed by atoms with Crippen LogP contribution in [0.15, 0.2) is 36.4 Å². The lowest BCUT2D eigenvalue weighted by Crippen LogP contribution is -2.49. The van der Waals surface area contributed by atoms with Crippen LogP contribution in [0, 0.1) is 0 Å². The highest BCUT2D eigenvalue weighted by molar-refractivity contribution is 7.92. The van der Waals surface area contributed by atoms with Crippen molar-refractivity contribution in [2.24, 2.45) is 0 Å². The summed E-state index contributed by atoms with van der Waals surface area (Å²) in [6.45, 7) is 5.34. The molecule has 1 aliphatic heterocycles. The second-order valence-electron chi connectivity index (χ2n) is 9.25. The zero-order valence-electron chi connectivity index (χ0n) is 22.4. The molecule has 0 saturated carbocycles. The van der Waals surface area contributed by atoms with Crippen LogP contribution in [0.5, 0.6) is 11.5 Å². The molecule has 214 valence electrons. The lowest BCUT2D eigenvalue weighted by atomic mass is 10.1. The number of amides is 2. The van der Waals surface area contributed by atoms with Crippen LogP contribution in [0.3, 0.4) is 0 Å². The van der Waals surface area contributed by atoms with Crippen molar-refractivity contribution in [2.45, 2.75) is 52.1 Å². The molecule has 1 atom stereocenters. The molecule has 0 unspecified atom stereocenters. The van der Waals surface area contributed by atoms with Gasteiger partial charge in [0.25, 0.3) is 0 Å². The van der Waals surface area contributed by atoms with E-state index in [-0.39, 0.29) is 37.7 Å². The van der Waals surface area contributed by atoms with Crippen molar-refractivity contribution in [1.82, 2.24) is 10.2 Å². The maximum atomic E-state index is 13.5. The van der Waals surface area contributed by atoms with Crippen LogP contribution < -0.4 is 19.1 Å². The number of rotatable bonds is 13. The molecule has 0 saturated heterocycles. The fourth-order valence-electron chi connectivity index (χ4n) is 4.31. The van der Waals surface area contributed by atoms with Crippen molar-refractivity contribution >= 4 is 50.7 Å². The number of carbonyl (C=O) groups is 2. The van der Waals surface area contributed by atoms with E-state index < -0.39 is 16.1 Å². The maximum Gasteiger partial charge on any atom is 0.242 e. The fraction of sp³-hybridized carbons (Fsp3) is 0.481. The number of hydrogen-bond donors (Lipinski definition) is 1. The number of sulfonamides is 1. The number of ether oxygens (including phenoxy) is 2. The predicted octanol–water partition coefficient (Wildman–Crippen LogP) is 4.64. The molecule has 1 aliphatic rings. The first-order valence-electron chi connectivity index (χ1n) is 12.9. The zero-order chi connectivity index (χ0) is 28.6. The van der Waals surface area contributed by atoms with Gasteiger partial charge in [-0.2, -0.15) is 0 Å². The molecule has 0 bridgehead atoms. The Bertz CT molecular complexity index is 1270. The molecule has 0 spiro atoms. The highest BCUT2D eigenvalue weighted by atomic mass is 35.5. The van der Waals surface area contributed by atoms with E-state index in [9.17, 15) is 18.0 Å². The molecule has 12 heteroatoms. The molecular formula is C27H35Cl2N3O6S. The SMILES string of the molecule is CCCNC(=O)[C@H](CC)N(Cc1ccc(Cl)c(Cl)c1)C(=O)CCCN(c1ccc2c(c1)OCCO2)S(C)(=O)=O. The van der Waals surface area contributed by atoms with E-state index in [1.165, 1.54) is 9.21 Å². The molecule has 2 aromatic rings. The standard InChI is InChI=1S/C27H35Cl2N3O6S/c1-4-12-30-27(34)23(5-2)31(18-19-8-10-21(28)22(29)16-19)26(33)7-6-13-32(39(3,35)36)20-9-11-24-25(17-20)38-15-14-37-24/h8-11,16-17,23H,4-7,12-15,18H2,1-3H3,(H,30,34)/t23-/m0/s1. The summed E-state index contributed by atoms with van der Waals surface area (Å²) in [6, 6.07) is 9.34. The summed E-state index contributed by atoms with van der Waals surface area (Å²) in [7, 11) is -3.64. The van der Waals surface area contributed by atoms with Gasteiger partial charge in [0.15, 0.2) is 11.5 Å². The number of anilines is 1. The maximum absolute atomic E-state index is 13.5. The van der Waals surface area contributed by atoms with Crippen LogP contribution in [0.2, 0.25) is 10.0 Å². The molecule has 0 fully saturated rings. The van der Waals surface area contributed by atoms with Gasteiger partial charge in [-0.3, -0.25) is 13.9 Å². The molecule has 2 aromatic carbocycles. The molecule has 0 aromatic heterocycles. The fourth-order valence-corrected chi connectivity index (χ4v) is 5.59. The first kappa shape index (κ1) is 30.8. The predicted molar refractivity (Wildman–Crippen MR) is 153 cm³/mol. The van der Waals surface area contributed by atoms with Gasteiger partial charge in [0.1, 0.15) is 19.3 Å². The quantitative estimate of drug-likeness (QED) is 0.359. The van der Waals surface area contributed by atoms with Crippen molar-refractivity contribution in [1.29, 1.82) is 0 Å². The molecule has 0 aliphatic carbocycles. The highest BCUT2D eigenvalue weighted by Gasteiger charge is 2.29. The highest BCUT2D eigenvalue weighted by Crippen LogP contribution is 2.35. The number of nitrogens with zero attached hydrogens (tertiary/aromatic N) is 2. The minimum atomic E-state index is -3.64. The van der Waals surface area contributed by atoms with E-state index in [1.807, 2.05) is 13.8 Å². The van der Waals surface area contributed by atoms with Gasteiger partial charge in [-0.15, -0.1) is 0 Å². The molecule has 39 heavy (non-hydrogen) atoms. The number of carbonyl (C=O) groups excluding carboxylic acids is 2. The van der Waals surface area contributed by atoms with Crippen LogP contribution in [0.1, 0.15) is 45.1 Å². The Labute approximate surface area is 240 Å². The van der Waals surface area contributed by atoms with Gasteiger partial charge < -0.3 is 19.7 Å². The summed E-state index contributed by atoms with van der Waals surface area (Å²) in [5.41, 5.74) is 1.15. The van der Waals surface area contributed by atoms with Crippen LogP contribution in [0.4, 0.5) is 5.69 Å². The third kappa shape index (κ3) is 8.40. The van der Waals surface area contributed by atoms with E-state index in [0.717, 1.165) is 18.2 Å². The minimum Gasteiger partial charge on any atom is -0.486 e. The zero-order valence-corrected chi connectivity index (χ0v) is 24.7. The van der Waals surface area contributed by atoms with Gasteiger partial charge >= 0.3 is 0 Å². The Morgan fingerprint density at radius 1 is 1.03 bits per heavy atom. The van der Waals surface area contributed by atoms with Crippen LogP contribution >= 0.6 is 23.2 Å². The monoisotopic (exact) mass is 599 g/mol. The largest absolute Gasteiger partial charge is 0.486 e. The number of nitrogens with one attached hydrogen (secondary N) is 1. The summed E-state index contributed by atoms with van der Waals surface area (Å²) in [6.07, 6.45) is 2.58. The van der Waals surface area contributed by atoms with E-state index in [4.69, 9.17) is 32.7 Å². The van der Waals surface area contributed by atoms with E-state index >= 15 is 0 Å². The van der Waals surface area contributed by atoms with Gasteiger partial charge in [0.05, 0.1) is 22.0 Å². The average Bonchev–Trinajstić information content (AvgIpc) is 2.90. The van der Waals surface area contributed by atoms with Crippen LogP contribution in [-0.2, 0) is 26.2 Å². The summed E-state index contributed by atoms with van der Waals surface area (Å²) >= 11 is 12.2. The van der Waals surface area contributed by atoms with Crippen molar-refractivity contribution in [3.05, 3.63) is 52.0 Å². The Kier molecular flexibility index (Phi) is 11.1. The number of benzene rings is 2. The van der Waals surface area contributed by atoms with Crippen LogP contribution in [-0.4, -0.2) is 63.7 Å². The Morgan fingerprint density at radius 2 is 1.74 bits per heavy atom. The minimum absolute atomic E-state index is 0.0372.